The highest BCUT2D eigenvalue weighted by Gasteiger charge is 2.36. The van der Waals surface area contributed by atoms with Crippen molar-refractivity contribution in [2.45, 2.75) is 24.8 Å². The Hall–Kier alpha value is -1.02. The van der Waals surface area contributed by atoms with Crippen molar-refractivity contribution in [2.24, 2.45) is 0 Å². The van der Waals surface area contributed by atoms with E-state index < -0.39 is 0 Å². The summed E-state index contributed by atoms with van der Waals surface area (Å²) in [5.41, 5.74) is 4.20. The van der Waals surface area contributed by atoms with Crippen LogP contribution in [0.2, 0.25) is 10.0 Å². The smallest absolute Gasteiger partial charge is 0.0409 e. The molecule has 0 unspecified atom stereocenters. The van der Waals surface area contributed by atoms with Gasteiger partial charge in [-0.05, 0) is 60.3 Å². The number of hydrogen-bond acceptors (Lipinski definition) is 1. The second kappa shape index (κ2) is 5.31. The summed E-state index contributed by atoms with van der Waals surface area (Å²) in [5, 5.41) is 1.64. The topological polar surface area (TPSA) is 3.24 Å². The van der Waals surface area contributed by atoms with Crippen molar-refractivity contribution in [3.05, 3.63) is 69.2 Å². The number of benzene rings is 2. The van der Waals surface area contributed by atoms with Gasteiger partial charge in [0.1, 0.15) is 0 Å². The fourth-order valence-electron chi connectivity index (χ4n) is 3.86. The number of halogens is 2. The van der Waals surface area contributed by atoms with E-state index in [9.17, 15) is 0 Å². The zero-order valence-corrected chi connectivity index (χ0v) is 13.2. The SMILES string of the molecule is Clc1ccc([C@@H]2CN3CCC[C@H]3c3cc(Cl)ccc32)cc1. The average Bonchev–Trinajstić information content (AvgIpc) is 2.96. The third-order valence-corrected chi connectivity index (χ3v) is 5.32. The standard InChI is InChI=1S/C18H17Cl2N/c19-13-5-3-12(4-6-13)17-11-21-9-1-2-18(21)16-10-14(20)7-8-15(16)17/h3-8,10,17-18H,1-2,9,11H2/t17-,18-/m0/s1. The Kier molecular flexibility index (Phi) is 3.45. The molecule has 2 aromatic rings. The van der Waals surface area contributed by atoms with Gasteiger partial charge in [-0.1, -0.05) is 41.4 Å². The van der Waals surface area contributed by atoms with E-state index in [0.29, 0.717) is 12.0 Å². The molecular formula is C18H17Cl2N. The van der Waals surface area contributed by atoms with Gasteiger partial charge >= 0.3 is 0 Å². The molecule has 2 aliphatic rings. The third kappa shape index (κ3) is 2.38. The minimum atomic E-state index is 0.420. The highest BCUT2D eigenvalue weighted by molar-refractivity contribution is 6.30. The maximum Gasteiger partial charge on any atom is 0.0409 e. The van der Waals surface area contributed by atoms with Crippen LogP contribution in [-0.2, 0) is 0 Å². The molecule has 2 heterocycles. The fourth-order valence-corrected chi connectivity index (χ4v) is 4.17. The average molecular weight is 318 g/mol. The van der Waals surface area contributed by atoms with Crippen molar-refractivity contribution in [1.29, 1.82) is 0 Å². The monoisotopic (exact) mass is 317 g/mol. The van der Waals surface area contributed by atoms with Crippen molar-refractivity contribution in [3.63, 3.8) is 0 Å². The van der Waals surface area contributed by atoms with E-state index >= 15 is 0 Å². The summed E-state index contributed by atoms with van der Waals surface area (Å²) >= 11 is 12.3. The van der Waals surface area contributed by atoms with Crippen molar-refractivity contribution in [2.75, 3.05) is 13.1 Å². The van der Waals surface area contributed by atoms with Crippen LogP contribution in [0.15, 0.2) is 42.5 Å². The van der Waals surface area contributed by atoms with Gasteiger partial charge in [0.2, 0.25) is 0 Å². The van der Waals surface area contributed by atoms with Crippen molar-refractivity contribution in [1.82, 2.24) is 4.90 Å². The van der Waals surface area contributed by atoms with E-state index in [1.807, 2.05) is 18.2 Å². The minimum Gasteiger partial charge on any atom is -0.295 e. The molecule has 4 rings (SSSR count). The molecule has 0 amide bonds. The number of hydrogen-bond donors (Lipinski definition) is 0. The lowest BCUT2D eigenvalue weighted by molar-refractivity contribution is 0.230. The molecule has 0 bridgehead atoms. The first-order valence-electron chi connectivity index (χ1n) is 7.51. The summed E-state index contributed by atoms with van der Waals surface area (Å²) in [4.78, 5) is 2.61. The van der Waals surface area contributed by atoms with Crippen LogP contribution in [0.4, 0.5) is 0 Å². The highest BCUT2D eigenvalue weighted by atomic mass is 35.5. The first kappa shape index (κ1) is 13.6. The van der Waals surface area contributed by atoms with E-state index in [0.717, 1.165) is 16.6 Å². The second-order valence-electron chi connectivity index (χ2n) is 6.03. The molecule has 2 aliphatic heterocycles. The summed E-state index contributed by atoms with van der Waals surface area (Å²) in [6, 6.07) is 15.2. The van der Waals surface area contributed by atoms with Gasteiger partial charge in [0.05, 0.1) is 0 Å². The van der Waals surface area contributed by atoms with Crippen LogP contribution in [-0.4, -0.2) is 18.0 Å². The predicted molar refractivity (Wildman–Crippen MR) is 88.3 cm³/mol. The number of nitrogens with zero attached hydrogens (tertiary/aromatic N) is 1. The molecular weight excluding hydrogens is 301 g/mol. The van der Waals surface area contributed by atoms with Gasteiger partial charge in [-0.15, -0.1) is 0 Å². The Morgan fingerprint density at radius 2 is 1.67 bits per heavy atom. The summed E-state index contributed by atoms with van der Waals surface area (Å²) in [7, 11) is 0. The summed E-state index contributed by atoms with van der Waals surface area (Å²) < 4.78 is 0. The van der Waals surface area contributed by atoms with E-state index in [1.54, 1.807) is 0 Å². The normalized spacial score (nSPS) is 24.7. The minimum absolute atomic E-state index is 0.420. The molecule has 0 aromatic heterocycles. The first-order valence-corrected chi connectivity index (χ1v) is 8.27. The Bertz CT molecular complexity index is 665. The molecule has 0 aliphatic carbocycles. The molecule has 0 radical (unpaired) electrons. The van der Waals surface area contributed by atoms with Gasteiger partial charge in [-0.2, -0.15) is 0 Å². The predicted octanol–water partition coefficient (Wildman–Crippen LogP) is 5.28. The zero-order chi connectivity index (χ0) is 14.4. The fraction of sp³-hybridized carbons (Fsp3) is 0.333. The Labute approximate surface area is 135 Å². The van der Waals surface area contributed by atoms with Crippen LogP contribution in [0.25, 0.3) is 0 Å². The van der Waals surface area contributed by atoms with Crippen molar-refractivity contribution in [3.8, 4) is 0 Å². The maximum absolute atomic E-state index is 6.25. The quantitative estimate of drug-likeness (QED) is 0.692. The molecule has 1 saturated heterocycles. The van der Waals surface area contributed by atoms with Crippen molar-refractivity contribution >= 4 is 23.2 Å². The Balaban J connectivity index is 1.82. The maximum atomic E-state index is 6.25. The van der Waals surface area contributed by atoms with Crippen LogP contribution < -0.4 is 0 Å². The third-order valence-electron chi connectivity index (χ3n) is 4.84. The summed E-state index contributed by atoms with van der Waals surface area (Å²) in [6.45, 7) is 2.29. The van der Waals surface area contributed by atoms with Gasteiger partial charge in [0.25, 0.3) is 0 Å². The van der Waals surface area contributed by atoms with Crippen LogP contribution in [0, 0.1) is 0 Å². The van der Waals surface area contributed by atoms with Crippen molar-refractivity contribution < 1.29 is 0 Å². The first-order chi connectivity index (χ1) is 10.2. The lowest BCUT2D eigenvalue weighted by Gasteiger charge is -2.37. The lowest BCUT2D eigenvalue weighted by atomic mass is 9.82. The van der Waals surface area contributed by atoms with E-state index in [-0.39, 0.29) is 0 Å². The molecule has 21 heavy (non-hydrogen) atoms. The van der Waals surface area contributed by atoms with Crippen LogP contribution in [0.5, 0.6) is 0 Å². The summed E-state index contributed by atoms with van der Waals surface area (Å²) in [6.07, 6.45) is 2.53. The second-order valence-corrected chi connectivity index (χ2v) is 6.90. The Morgan fingerprint density at radius 1 is 0.905 bits per heavy atom. The van der Waals surface area contributed by atoms with Gasteiger partial charge in [-0.25, -0.2) is 0 Å². The molecule has 2 aromatic carbocycles. The largest absolute Gasteiger partial charge is 0.295 e. The molecule has 0 N–H and O–H groups in total. The molecule has 1 fully saturated rings. The zero-order valence-electron chi connectivity index (χ0n) is 11.7. The molecule has 0 spiro atoms. The van der Waals surface area contributed by atoms with Crippen LogP contribution in [0.1, 0.15) is 41.5 Å². The van der Waals surface area contributed by atoms with Gasteiger partial charge in [-0.3, -0.25) is 4.90 Å². The van der Waals surface area contributed by atoms with Crippen LogP contribution in [0.3, 0.4) is 0 Å². The lowest BCUT2D eigenvalue weighted by Crippen LogP contribution is -2.34. The molecule has 1 nitrogen and oxygen atoms in total. The summed E-state index contributed by atoms with van der Waals surface area (Å²) in [5.74, 6) is 0.420. The van der Waals surface area contributed by atoms with E-state index in [1.165, 1.54) is 36.1 Å². The molecule has 0 saturated carbocycles. The van der Waals surface area contributed by atoms with E-state index in [2.05, 4.69) is 29.2 Å². The molecule has 2 atom stereocenters. The van der Waals surface area contributed by atoms with E-state index in [4.69, 9.17) is 23.2 Å². The number of rotatable bonds is 1. The number of fused-ring (bicyclic) bond motifs is 3. The van der Waals surface area contributed by atoms with Gasteiger partial charge < -0.3 is 0 Å². The van der Waals surface area contributed by atoms with Gasteiger partial charge in [0.15, 0.2) is 0 Å². The molecule has 3 heteroatoms. The molecule has 108 valence electrons. The van der Waals surface area contributed by atoms with Crippen LogP contribution >= 0.6 is 23.2 Å². The Morgan fingerprint density at radius 3 is 2.48 bits per heavy atom. The highest BCUT2D eigenvalue weighted by Crippen LogP contribution is 2.44. The van der Waals surface area contributed by atoms with Gasteiger partial charge in [0, 0.05) is 28.5 Å².